The maximum Gasteiger partial charge on any atom is 0.414 e. The van der Waals surface area contributed by atoms with Crippen molar-refractivity contribution in [2.45, 2.75) is 38.1 Å². The van der Waals surface area contributed by atoms with Crippen LogP contribution in [0.5, 0.6) is 0 Å². The second-order valence-electron chi connectivity index (χ2n) is 7.71. The molecule has 2 amide bonds. The summed E-state index contributed by atoms with van der Waals surface area (Å²) in [6.07, 6.45) is 0.871. The summed E-state index contributed by atoms with van der Waals surface area (Å²) in [4.78, 5) is 32.3. The van der Waals surface area contributed by atoms with Crippen LogP contribution in [0.25, 0.3) is 4.85 Å². The number of nitrogens with zero attached hydrogens (tertiary/aromatic N) is 4. The highest BCUT2D eigenvalue weighted by atomic mass is 19.1. The zero-order chi connectivity index (χ0) is 20.5. The molecule has 4 rings (SSSR count). The van der Waals surface area contributed by atoms with Gasteiger partial charge in [0.2, 0.25) is 5.91 Å². The minimum Gasteiger partial charge on any atom is -0.442 e. The summed E-state index contributed by atoms with van der Waals surface area (Å²) in [5, 5.41) is 2.62. The van der Waals surface area contributed by atoms with Gasteiger partial charge in [-0.2, -0.15) is 0 Å². The number of benzene rings is 1. The standard InChI is InChI=1S/C20H24FN5O3/c1-13(27)23-10-16-11-26(20(28)29-16)15-3-4-18(17(21)9-15)24-7-5-14(6-8-24)25-12-19(25)22-2/h3-4,9,14,16,19H,5-8,10-12H2,1H3,(H,23,27)/t16-,19?,25?/m0/s1. The molecule has 0 aliphatic carbocycles. The van der Waals surface area contributed by atoms with E-state index in [0.29, 0.717) is 17.4 Å². The van der Waals surface area contributed by atoms with E-state index in [2.05, 4.69) is 15.1 Å². The van der Waals surface area contributed by atoms with Crippen LogP contribution < -0.4 is 15.1 Å². The van der Waals surface area contributed by atoms with Crippen molar-refractivity contribution < 1.29 is 18.7 Å². The van der Waals surface area contributed by atoms with E-state index >= 15 is 0 Å². The lowest BCUT2D eigenvalue weighted by molar-refractivity contribution is -0.119. The second kappa shape index (κ2) is 7.87. The molecule has 2 unspecified atom stereocenters. The topological polar surface area (TPSA) is 69.2 Å². The minimum atomic E-state index is -0.541. The average Bonchev–Trinajstić information content (AvgIpc) is 3.41. The van der Waals surface area contributed by atoms with E-state index in [1.165, 1.54) is 17.9 Å². The molecular formula is C20H24FN5O3. The van der Waals surface area contributed by atoms with Crippen molar-refractivity contribution in [2.75, 3.05) is 42.5 Å². The van der Waals surface area contributed by atoms with Crippen molar-refractivity contribution in [3.05, 3.63) is 35.4 Å². The molecular weight excluding hydrogens is 377 g/mol. The molecule has 1 aromatic carbocycles. The molecule has 1 N–H and O–H groups in total. The summed E-state index contributed by atoms with van der Waals surface area (Å²) in [5.41, 5.74) is 0.975. The molecule has 3 aliphatic rings. The Bertz CT molecular complexity index is 849. The number of halogens is 1. The smallest absolute Gasteiger partial charge is 0.414 e. The van der Waals surface area contributed by atoms with Crippen LogP contribution in [-0.4, -0.2) is 67.9 Å². The summed E-state index contributed by atoms with van der Waals surface area (Å²) in [6, 6.07) is 5.21. The molecule has 3 atom stereocenters. The zero-order valence-corrected chi connectivity index (χ0v) is 16.3. The maximum atomic E-state index is 14.8. The first-order chi connectivity index (χ1) is 14.0. The predicted octanol–water partition coefficient (Wildman–Crippen LogP) is 1.82. The minimum absolute atomic E-state index is 0.0391. The van der Waals surface area contributed by atoms with Crippen molar-refractivity contribution >= 4 is 23.4 Å². The van der Waals surface area contributed by atoms with Gasteiger partial charge in [-0.3, -0.25) is 14.5 Å². The van der Waals surface area contributed by atoms with Gasteiger partial charge in [0, 0.05) is 26.1 Å². The molecule has 29 heavy (non-hydrogen) atoms. The summed E-state index contributed by atoms with van der Waals surface area (Å²) in [7, 11) is 0. The van der Waals surface area contributed by atoms with Gasteiger partial charge in [-0.25, -0.2) is 20.7 Å². The van der Waals surface area contributed by atoms with Gasteiger partial charge in [-0.1, -0.05) is 0 Å². The number of carbonyl (C=O) groups is 2. The highest BCUT2D eigenvalue weighted by Crippen LogP contribution is 2.33. The Balaban J connectivity index is 1.37. The Morgan fingerprint density at radius 3 is 2.72 bits per heavy atom. The molecule has 154 valence electrons. The van der Waals surface area contributed by atoms with Crippen molar-refractivity contribution in [3.8, 4) is 0 Å². The molecule has 9 heteroatoms. The second-order valence-corrected chi connectivity index (χ2v) is 7.71. The van der Waals surface area contributed by atoms with Gasteiger partial charge in [0.05, 0.1) is 31.0 Å². The Hall–Kier alpha value is -2.86. The van der Waals surface area contributed by atoms with Gasteiger partial charge in [-0.15, -0.1) is 0 Å². The molecule has 0 spiro atoms. The van der Waals surface area contributed by atoms with Crippen LogP contribution in [0.1, 0.15) is 19.8 Å². The fraction of sp³-hybridized carbons (Fsp3) is 0.550. The zero-order valence-electron chi connectivity index (χ0n) is 16.3. The number of amides is 2. The van der Waals surface area contributed by atoms with E-state index < -0.39 is 12.2 Å². The van der Waals surface area contributed by atoms with Crippen LogP contribution in [0.3, 0.4) is 0 Å². The van der Waals surface area contributed by atoms with Crippen LogP contribution in [0.4, 0.5) is 20.6 Å². The third-order valence-electron chi connectivity index (χ3n) is 5.74. The fourth-order valence-corrected chi connectivity index (χ4v) is 4.10. The number of hydrogen-bond donors (Lipinski definition) is 1. The molecule has 3 aliphatic heterocycles. The molecule has 0 aromatic heterocycles. The van der Waals surface area contributed by atoms with E-state index in [1.54, 1.807) is 12.1 Å². The SMILES string of the molecule is [C-]#[N+]C1CN1C1CCN(c2ccc(N3C[C@H](CNC(C)=O)OC3=O)cc2F)CC1. The number of rotatable bonds is 5. The van der Waals surface area contributed by atoms with Crippen LogP contribution in [0.2, 0.25) is 0 Å². The number of hydrogen-bond acceptors (Lipinski definition) is 5. The lowest BCUT2D eigenvalue weighted by Crippen LogP contribution is -2.39. The Morgan fingerprint density at radius 1 is 1.34 bits per heavy atom. The van der Waals surface area contributed by atoms with E-state index in [0.717, 1.165) is 32.5 Å². The van der Waals surface area contributed by atoms with Gasteiger partial charge >= 0.3 is 6.09 Å². The van der Waals surface area contributed by atoms with Gasteiger partial charge in [-0.05, 0) is 31.0 Å². The summed E-state index contributed by atoms with van der Waals surface area (Å²) < 4.78 is 20.1. The molecule has 3 fully saturated rings. The third-order valence-corrected chi connectivity index (χ3v) is 5.74. The first-order valence-corrected chi connectivity index (χ1v) is 9.85. The van der Waals surface area contributed by atoms with Gasteiger partial charge < -0.3 is 15.0 Å². The van der Waals surface area contributed by atoms with Gasteiger partial charge in [0.25, 0.3) is 6.17 Å². The molecule has 0 radical (unpaired) electrons. The van der Waals surface area contributed by atoms with E-state index in [-0.39, 0.29) is 31.0 Å². The fourth-order valence-electron chi connectivity index (χ4n) is 4.10. The number of ether oxygens (including phenoxy) is 1. The summed E-state index contributed by atoms with van der Waals surface area (Å²) >= 11 is 0. The summed E-state index contributed by atoms with van der Waals surface area (Å²) in [5.74, 6) is -0.563. The lowest BCUT2D eigenvalue weighted by atomic mass is 10.0. The van der Waals surface area contributed by atoms with Crippen molar-refractivity contribution in [3.63, 3.8) is 0 Å². The molecule has 3 saturated heterocycles. The highest BCUT2D eigenvalue weighted by molar-refractivity contribution is 5.90. The first kappa shape index (κ1) is 19.5. The first-order valence-electron chi connectivity index (χ1n) is 9.85. The number of cyclic esters (lactones) is 1. The largest absolute Gasteiger partial charge is 0.442 e. The molecule has 1 aromatic rings. The van der Waals surface area contributed by atoms with Gasteiger partial charge in [0.1, 0.15) is 11.9 Å². The van der Waals surface area contributed by atoms with Crippen LogP contribution in [0.15, 0.2) is 18.2 Å². The van der Waals surface area contributed by atoms with E-state index in [1.807, 2.05) is 4.90 Å². The molecule has 0 saturated carbocycles. The third kappa shape index (κ3) is 4.12. The van der Waals surface area contributed by atoms with Crippen molar-refractivity contribution in [2.24, 2.45) is 0 Å². The Morgan fingerprint density at radius 2 is 2.10 bits per heavy atom. The number of nitrogens with one attached hydrogen (secondary N) is 1. The van der Waals surface area contributed by atoms with Crippen molar-refractivity contribution in [1.29, 1.82) is 0 Å². The molecule has 0 bridgehead atoms. The van der Waals surface area contributed by atoms with Crippen molar-refractivity contribution in [1.82, 2.24) is 10.2 Å². The van der Waals surface area contributed by atoms with E-state index in [9.17, 15) is 14.0 Å². The lowest BCUT2D eigenvalue weighted by Gasteiger charge is -2.34. The Labute approximate surface area is 169 Å². The van der Waals surface area contributed by atoms with Crippen LogP contribution >= 0.6 is 0 Å². The number of carbonyl (C=O) groups excluding carboxylic acids is 2. The van der Waals surface area contributed by atoms with Gasteiger partial charge in [0.15, 0.2) is 0 Å². The average molecular weight is 401 g/mol. The monoisotopic (exact) mass is 401 g/mol. The highest BCUT2D eigenvalue weighted by Gasteiger charge is 2.46. The van der Waals surface area contributed by atoms with Crippen LogP contribution in [0, 0.1) is 12.4 Å². The normalized spacial score (nSPS) is 26.8. The number of piperidine rings is 1. The predicted molar refractivity (Wildman–Crippen MR) is 105 cm³/mol. The van der Waals surface area contributed by atoms with E-state index in [4.69, 9.17) is 11.3 Å². The quantitative estimate of drug-likeness (QED) is 0.602. The Kier molecular flexibility index (Phi) is 5.28. The van der Waals surface area contributed by atoms with Crippen LogP contribution in [-0.2, 0) is 9.53 Å². The number of anilines is 2. The molecule has 3 heterocycles. The summed E-state index contributed by atoms with van der Waals surface area (Å²) in [6.45, 7) is 11.3. The molecule has 8 nitrogen and oxygen atoms in total. The maximum absolute atomic E-state index is 14.8.